The molecular weight excluding hydrogens is 314 g/mol. The molecule has 0 spiro atoms. The normalized spacial score (nSPS) is 15.0. The number of fused-ring (bicyclic) bond motifs is 1. The highest BCUT2D eigenvalue weighted by Gasteiger charge is 2.23. The monoisotopic (exact) mass is 334 g/mol. The van der Waals surface area contributed by atoms with Gasteiger partial charge in [-0.3, -0.25) is 4.79 Å². The largest absolute Gasteiger partial charge is 0.435 e. The van der Waals surface area contributed by atoms with Crippen LogP contribution >= 0.6 is 12.4 Å². The number of carbonyl (C=O) groups is 1. The lowest BCUT2D eigenvalue weighted by atomic mass is 10.0. The van der Waals surface area contributed by atoms with Crippen molar-refractivity contribution in [3.8, 4) is 5.75 Å². The van der Waals surface area contributed by atoms with Crippen LogP contribution in [0.3, 0.4) is 0 Å². The summed E-state index contributed by atoms with van der Waals surface area (Å²) in [5, 5.41) is 0. The molecular formula is C15H21ClF2N2O2. The van der Waals surface area contributed by atoms with Crippen molar-refractivity contribution in [2.45, 2.75) is 45.3 Å². The van der Waals surface area contributed by atoms with E-state index in [1.54, 1.807) is 17.0 Å². The molecule has 1 amide bonds. The van der Waals surface area contributed by atoms with E-state index in [9.17, 15) is 13.6 Å². The van der Waals surface area contributed by atoms with Crippen molar-refractivity contribution < 1.29 is 18.3 Å². The molecule has 1 aliphatic rings. The molecule has 124 valence electrons. The standard InChI is InChI=1S/C15H20F2N2O2.ClH/c1-10(18)4-7-14(20)19-8-2-3-11-9-12(21-15(16)17)5-6-13(11)19;/h5-6,9-10,15H,2-4,7-8,18H2,1H3;1H. The average molecular weight is 335 g/mol. The Balaban J connectivity index is 0.00000242. The van der Waals surface area contributed by atoms with Gasteiger partial charge in [-0.05, 0) is 49.9 Å². The first-order valence-corrected chi connectivity index (χ1v) is 7.11. The molecule has 0 aromatic heterocycles. The molecule has 1 aromatic carbocycles. The van der Waals surface area contributed by atoms with Crippen LogP contribution in [0.25, 0.3) is 0 Å². The lowest BCUT2D eigenvalue weighted by Crippen LogP contribution is -2.36. The molecule has 0 radical (unpaired) electrons. The van der Waals surface area contributed by atoms with Gasteiger partial charge in [0.1, 0.15) is 5.75 Å². The molecule has 22 heavy (non-hydrogen) atoms. The maximum atomic E-state index is 12.2. The Morgan fingerprint density at radius 3 is 2.82 bits per heavy atom. The molecule has 1 unspecified atom stereocenters. The zero-order chi connectivity index (χ0) is 15.4. The fraction of sp³-hybridized carbons (Fsp3) is 0.533. The zero-order valence-electron chi connectivity index (χ0n) is 12.4. The van der Waals surface area contributed by atoms with Crippen LogP contribution < -0.4 is 15.4 Å². The van der Waals surface area contributed by atoms with E-state index in [1.165, 1.54) is 6.07 Å². The lowest BCUT2D eigenvalue weighted by Gasteiger charge is -2.30. The smallest absolute Gasteiger partial charge is 0.387 e. The second kappa shape index (κ2) is 8.29. The number of halogens is 3. The highest BCUT2D eigenvalue weighted by Crippen LogP contribution is 2.31. The summed E-state index contributed by atoms with van der Waals surface area (Å²) in [5.41, 5.74) is 7.33. The number of nitrogens with two attached hydrogens (primary N) is 1. The van der Waals surface area contributed by atoms with Crippen molar-refractivity contribution in [2.75, 3.05) is 11.4 Å². The zero-order valence-corrected chi connectivity index (χ0v) is 13.2. The van der Waals surface area contributed by atoms with Crippen LogP contribution in [-0.2, 0) is 11.2 Å². The minimum atomic E-state index is -2.84. The van der Waals surface area contributed by atoms with Gasteiger partial charge in [0, 0.05) is 24.7 Å². The van der Waals surface area contributed by atoms with Crippen LogP contribution in [-0.4, -0.2) is 25.1 Å². The Hall–Kier alpha value is -1.40. The molecule has 1 heterocycles. The molecule has 1 aromatic rings. The van der Waals surface area contributed by atoms with Gasteiger partial charge in [0.25, 0.3) is 0 Å². The van der Waals surface area contributed by atoms with E-state index in [2.05, 4.69) is 4.74 Å². The number of hydrogen-bond donors (Lipinski definition) is 1. The topological polar surface area (TPSA) is 55.6 Å². The number of ether oxygens (including phenoxy) is 1. The summed E-state index contributed by atoms with van der Waals surface area (Å²) in [6.45, 7) is -0.319. The third-order valence-corrected chi connectivity index (χ3v) is 3.51. The van der Waals surface area contributed by atoms with E-state index in [0.29, 0.717) is 19.4 Å². The van der Waals surface area contributed by atoms with Crippen molar-refractivity contribution >= 4 is 24.0 Å². The Morgan fingerprint density at radius 2 is 2.18 bits per heavy atom. The molecule has 0 saturated heterocycles. The van der Waals surface area contributed by atoms with Gasteiger partial charge in [0.15, 0.2) is 0 Å². The molecule has 2 rings (SSSR count). The van der Waals surface area contributed by atoms with Gasteiger partial charge >= 0.3 is 6.61 Å². The molecule has 1 aliphatic heterocycles. The minimum absolute atomic E-state index is 0. The number of aryl methyl sites for hydroxylation is 1. The maximum Gasteiger partial charge on any atom is 0.387 e. The molecule has 0 aliphatic carbocycles. The van der Waals surface area contributed by atoms with E-state index in [4.69, 9.17) is 5.73 Å². The number of anilines is 1. The first-order chi connectivity index (χ1) is 9.97. The van der Waals surface area contributed by atoms with Gasteiger partial charge in [0.05, 0.1) is 0 Å². The Kier molecular flexibility index (Phi) is 7.03. The number of rotatable bonds is 5. The summed E-state index contributed by atoms with van der Waals surface area (Å²) >= 11 is 0. The first kappa shape index (κ1) is 18.6. The predicted molar refractivity (Wildman–Crippen MR) is 83.9 cm³/mol. The Labute approximate surface area is 135 Å². The number of benzene rings is 1. The molecule has 4 nitrogen and oxygen atoms in total. The summed E-state index contributed by atoms with van der Waals surface area (Å²) < 4.78 is 28.9. The first-order valence-electron chi connectivity index (χ1n) is 7.11. The number of nitrogens with zero attached hydrogens (tertiary/aromatic N) is 1. The summed E-state index contributed by atoms with van der Waals surface area (Å²) in [6, 6.07) is 4.73. The fourth-order valence-electron chi connectivity index (χ4n) is 2.49. The Morgan fingerprint density at radius 1 is 1.45 bits per heavy atom. The van der Waals surface area contributed by atoms with Gasteiger partial charge in [-0.1, -0.05) is 0 Å². The van der Waals surface area contributed by atoms with Crippen molar-refractivity contribution in [1.82, 2.24) is 0 Å². The number of amides is 1. The molecule has 2 N–H and O–H groups in total. The molecule has 0 fully saturated rings. The lowest BCUT2D eigenvalue weighted by molar-refractivity contribution is -0.118. The van der Waals surface area contributed by atoms with Crippen LogP contribution in [0.4, 0.5) is 14.5 Å². The average Bonchev–Trinajstić information content (AvgIpc) is 2.43. The summed E-state index contributed by atoms with van der Waals surface area (Å²) in [4.78, 5) is 14.0. The molecule has 0 bridgehead atoms. The van der Waals surface area contributed by atoms with Gasteiger partial charge in [0.2, 0.25) is 5.91 Å². The third kappa shape index (κ3) is 4.81. The Bertz CT molecular complexity index is 512. The van der Waals surface area contributed by atoms with E-state index < -0.39 is 6.61 Å². The predicted octanol–water partition coefficient (Wildman–Crippen LogP) is 3.12. The molecule has 7 heteroatoms. The van der Waals surface area contributed by atoms with Crippen LogP contribution in [0.15, 0.2) is 18.2 Å². The van der Waals surface area contributed by atoms with E-state index in [-0.39, 0.29) is 30.1 Å². The van der Waals surface area contributed by atoms with Crippen molar-refractivity contribution in [1.29, 1.82) is 0 Å². The third-order valence-electron chi connectivity index (χ3n) is 3.51. The highest BCUT2D eigenvalue weighted by molar-refractivity contribution is 5.94. The van der Waals surface area contributed by atoms with Crippen LogP contribution in [0.2, 0.25) is 0 Å². The van der Waals surface area contributed by atoms with Crippen molar-refractivity contribution in [3.05, 3.63) is 23.8 Å². The second-order valence-corrected chi connectivity index (χ2v) is 5.33. The van der Waals surface area contributed by atoms with Crippen LogP contribution in [0, 0.1) is 0 Å². The number of alkyl halides is 2. The van der Waals surface area contributed by atoms with E-state index >= 15 is 0 Å². The van der Waals surface area contributed by atoms with Crippen LogP contribution in [0.1, 0.15) is 31.7 Å². The van der Waals surface area contributed by atoms with E-state index in [1.807, 2.05) is 6.92 Å². The van der Waals surface area contributed by atoms with Gasteiger partial charge in [-0.2, -0.15) is 8.78 Å². The second-order valence-electron chi connectivity index (χ2n) is 5.33. The molecule has 0 saturated carbocycles. The van der Waals surface area contributed by atoms with Crippen molar-refractivity contribution in [3.63, 3.8) is 0 Å². The quantitative estimate of drug-likeness (QED) is 0.900. The summed E-state index contributed by atoms with van der Waals surface area (Å²) in [6.07, 6.45) is 2.60. The minimum Gasteiger partial charge on any atom is -0.435 e. The van der Waals surface area contributed by atoms with Gasteiger partial charge in [-0.15, -0.1) is 12.4 Å². The van der Waals surface area contributed by atoms with E-state index in [0.717, 1.165) is 24.1 Å². The summed E-state index contributed by atoms with van der Waals surface area (Å²) in [5.74, 6) is 0.157. The molecule has 1 atom stereocenters. The SMILES string of the molecule is CC(N)CCC(=O)N1CCCc2cc(OC(F)F)ccc21.Cl. The van der Waals surface area contributed by atoms with Gasteiger partial charge < -0.3 is 15.4 Å². The van der Waals surface area contributed by atoms with Gasteiger partial charge in [-0.25, -0.2) is 0 Å². The fourth-order valence-corrected chi connectivity index (χ4v) is 2.49. The number of carbonyl (C=O) groups excluding carboxylic acids is 1. The highest BCUT2D eigenvalue weighted by atomic mass is 35.5. The van der Waals surface area contributed by atoms with Crippen LogP contribution in [0.5, 0.6) is 5.75 Å². The number of hydrogen-bond acceptors (Lipinski definition) is 3. The van der Waals surface area contributed by atoms with Crippen molar-refractivity contribution in [2.24, 2.45) is 5.73 Å². The maximum absolute atomic E-state index is 12.2. The summed E-state index contributed by atoms with van der Waals surface area (Å²) in [7, 11) is 0.